The predicted octanol–water partition coefficient (Wildman–Crippen LogP) is 2.32. The number of benzene rings is 1. The average molecular weight is 312 g/mol. The highest BCUT2D eigenvalue weighted by Gasteiger charge is 2.22. The van der Waals surface area contributed by atoms with Crippen LogP contribution < -0.4 is 5.32 Å². The van der Waals surface area contributed by atoms with E-state index in [0.717, 1.165) is 26.1 Å². The first-order chi connectivity index (χ1) is 10.0. The summed E-state index contributed by atoms with van der Waals surface area (Å²) in [4.78, 5) is 24.5. The van der Waals surface area contributed by atoms with Gasteiger partial charge in [0.05, 0.1) is 4.92 Å². The van der Waals surface area contributed by atoms with Crippen molar-refractivity contribution in [2.24, 2.45) is 5.92 Å². The van der Waals surface area contributed by atoms with Crippen molar-refractivity contribution in [3.8, 4) is 0 Å². The van der Waals surface area contributed by atoms with Gasteiger partial charge >= 0.3 is 0 Å². The summed E-state index contributed by atoms with van der Waals surface area (Å²) in [5, 5.41) is 13.5. The van der Waals surface area contributed by atoms with Crippen LogP contribution in [0.1, 0.15) is 23.7 Å². The van der Waals surface area contributed by atoms with Gasteiger partial charge in [0, 0.05) is 24.7 Å². The zero-order valence-corrected chi connectivity index (χ0v) is 12.6. The summed E-state index contributed by atoms with van der Waals surface area (Å²) in [6, 6.07) is 4.01. The molecule has 21 heavy (non-hydrogen) atoms. The lowest BCUT2D eigenvalue weighted by molar-refractivity contribution is -0.384. The van der Waals surface area contributed by atoms with Crippen LogP contribution in [0.15, 0.2) is 18.2 Å². The van der Waals surface area contributed by atoms with Crippen LogP contribution in [0.3, 0.4) is 0 Å². The van der Waals surface area contributed by atoms with Gasteiger partial charge in [0.1, 0.15) is 5.02 Å². The Balaban J connectivity index is 1.92. The van der Waals surface area contributed by atoms with Gasteiger partial charge in [-0.25, -0.2) is 0 Å². The lowest BCUT2D eigenvalue weighted by Gasteiger charge is -2.13. The van der Waals surface area contributed by atoms with E-state index >= 15 is 0 Å². The average Bonchev–Trinajstić information content (AvgIpc) is 2.92. The minimum absolute atomic E-state index is 0.0225. The number of amides is 1. The summed E-state index contributed by atoms with van der Waals surface area (Å²) in [6.45, 7) is 5.84. The number of halogens is 1. The Bertz CT molecular complexity index is 550. The number of nitro groups is 1. The molecule has 1 atom stereocenters. The molecule has 1 heterocycles. The number of carbonyl (C=O) groups is 1. The first-order valence-electron chi connectivity index (χ1n) is 6.95. The standard InChI is InChI=1S/C14H18ClN3O3/c1-2-17-6-5-10(9-17)8-16-14(19)11-3-4-13(18(20)21)12(15)7-11/h3-4,7,10H,2,5-6,8-9H2,1H3,(H,16,19). The molecule has 0 bridgehead atoms. The third kappa shape index (κ3) is 3.92. The van der Waals surface area contributed by atoms with Crippen LogP contribution in [0.25, 0.3) is 0 Å². The topological polar surface area (TPSA) is 75.5 Å². The maximum absolute atomic E-state index is 12.0. The van der Waals surface area contributed by atoms with Crippen molar-refractivity contribution in [3.63, 3.8) is 0 Å². The highest BCUT2D eigenvalue weighted by Crippen LogP contribution is 2.25. The van der Waals surface area contributed by atoms with Gasteiger partial charge in [0.15, 0.2) is 0 Å². The minimum Gasteiger partial charge on any atom is -0.352 e. The molecule has 0 aliphatic carbocycles. The fraction of sp³-hybridized carbons (Fsp3) is 0.500. The summed E-state index contributed by atoms with van der Waals surface area (Å²) < 4.78 is 0. The zero-order valence-electron chi connectivity index (χ0n) is 11.8. The molecule has 1 aliphatic rings. The van der Waals surface area contributed by atoms with E-state index < -0.39 is 4.92 Å². The van der Waals surface area contributed by atoms with Crippen LogP contribution in [0, 0.1) is 16.0 Å². The van der Waals surface area contributed by atoms with Crippen molar-refractivity contribution in [1.29, 1.82) is 0 Å². The number of nitrogens with one attached hydrogen (secondary N) is 1. The van der Waals surface area contributed by atoms with E-state index in [2.05, 4.69) is 17.1 Å². The molecule has 1 fully saturated rings. The molecule has 1 aliphatic heterocycles. The molecule has 1 aromatic carbocycles. The van der Waals surface area contributed by atoms with Gasteiger partial charge in [0.2, 0.25) is 0 Å². The molecule has 1 amide bonds. The van der Waals surface area contributed by atoms with E-state index in [4.69, 9.17) is 11.6 Å². The third-order valence-corrected chi connectivity index (χ3v) is 4.08. The van der Waals surface area contributed by atoms with Crippen LogP contribution >= 0.6 is 11.6 Å². The number of hydrogen-bond acceptors (Lipinski definition) is 4. The fourth-order valence-electron chi connectivity index (χ4n) is 2.50. The number of hydrogen-bond donors (Lipinski definition) is 1. The molecule has 6 nitrogen and oxygen atoms in total. The molecular formula is C14H18ClN3O3. The van der Waals surface area contributed by atoms with Crippen LogP contribution in [-0.4, -0.2) is 41.9 Å². The number of likely N-dealkylation sites (tertiary alicyclic amines) is 1. The summed E-state index contributed by atoms with van der Waals surface area (Å²) in [5.74, 6) is 0.212. The van der Waals surface area contributed by atoms with Crippen molar-refractivity contribution in [3.05, 3.63) is 38.9 Å². The first-order valence-corrected chi connectivity index (χ1v) is 7.33. The van der Waals surface area contributed by atoms with E-state index in [1.807, 2.05) is 0 Å². The van der Waals surface area contributed by atoms with Crippen molar-refractivity contribution >= 4 is 23.2 Å². The Hall–Kier alpha value is -1.66. The molecule has 114 valence electrons. The van der Waals surface area contributed by atoms with E-state index in [9.17, 15) is 14.9 Å². The van der Waals surface area contributed by atoms with Crippen molar-refractivity contribution in [1.82, 2.24) is 10.2 Å². The maximum atomic E-state index is 12.0. The van der Waals surface area contributed by atoms with E-state index in [0.29, 0.717) is 18.0 Å². The van der Waals surface area contributed by atoms with Gasteiger partial charge in [-0.15, -0.1) is 0 Å². The summed E-state index contributed by atoms with van der Waals surface area (Å²) in [7, 11) is 0. The first kappa shape index (κ1) is 15.7. The summed E-state index contributed by atoms with van der Waals surface area (Å²) in [6.07, 6.45) is 1.08. The van der Waals surface area contributed by atoms with E-state index in [1.165, 1.54) is 18.2 Å². The second kappa shape index (κ2) is 6.87. The van der Waals surface area contributed by atoms with Gasteiger partial charge in [0.25, 0.3) is 11.6 Å². The van der Waals surface area contributed by atoms with Crippen LogP contribution in [0.4, 0.5) is 5.69 Å². The number of nitro benzene ring substituents is 1. The Morgan fingerprint density at radius 2 is 2.33 bits per heavy atom. The molecule has 1 saturated heterocycles. The highest BCUT2D eigenvalue weighted by atomic mass is 35.5. The summed E-state index contributed by atoms with van der Waals surface area (Å²) in [5.41, 5.74) is 0.151. The second-order valence-corrected chi connectivity index (χ2v) is 5.59. The molecule has 1 N–H and O–H groups in total. The Labute approximate surface area is 128 Å². The monoisotopic (exact) mass is 311 g/mol. The van der Waals surface area contributed by atoms with Gasteiger partial charge in [-0.3, -0.25) is 14.9 Å². The van der Waals surface area contributed by atoms with Gasteiger partial charge in [-0.05, 0) is 37.6 Å². The van der Waals surface area contributed by atoms with E-state index in [-0.39, 0.29) is 16.6 Å². The molecule has 0 radical (unpaired) electrons. The maximum Gasteiger partial charge on any atom is 0.287 e. The second-order valence-electron chi connectivity index (χ2n) is 5.18. The van der Waals surface area contributed by atoms with Crippen molar-refractivity contribution in [2.75, 3.05) is 26.2 Å². The number of nitrogens with zero attached hydrogens (tertiary/aromatic N) is 2. The van der Waals surface area contributed by atoms with Crippen LogP contribution in [0.5, 0.6) is 0 Å². The zero-order chi connectivity index (χ0) is 15.4. The van der Waals surface area contributed by atoms with Crippen molar-refractivity contribution in [2.45, 2.75) is 13.3 Å². The minimum atomic E-state index is -0.568. The quantitative estimate of drug-likeness (QED) is 0.669. The van der Waals surface area contributed by atoms with Crippen molar-refractivity contribution < 1.29 is 9.72 Å². The SMILES string of the molecule is CCN1CCC(CNC(=O)c2ccc([N+](=O)[O-])c(Cl)c2)C1. The molecule has 0 saturated carbocycles. The van der Waals surface area contributed by atoms with E-state index in [1.54, 1.807) is 0 Å². The third-order valence-electron chi connectivity index (χ3n) is 3.78. The Kier molecular flexibility index (Phi) is 5.14. The summed E-state index contributed by atoms with van der Waals surface area (Å²) >= 11 is 5.81. The van der Waals surface area contributed by atoms with Gasteiger partial charge in [-0.2, -0.15) is 0 Å². The van der Waals surface area contributed by atoms with Crippen LogP contribution in [-0.2, 0) is 0 Å². The predicted molar refractivity (Wildman–Crippen MR) is 80.7 cm³/mol. The largest absolute Gasteiger partial charge is 0.352 e. The molecule has 0 spiro atoms. The molecule has 1 aromatic rings. The molecule has 2 rings (SSSR count). The Morgan fingerprint density at radius 3 is 2.90 bits per heavy atom. The molecule has 1 unspecified atom stereocenters. The number of rotatable bonds is 5. The van der Waals surface area contributed by atoms with Gasteiger partial charge in [-0.1, -0.05) is 18.5 Å². The number of carbonyl (C=O) groups excluding carboxylic acids is 1. The molecule has 0 aromatic heterocycles. The smallest absolute Gasteiger partial charge is 0.287 e. The lowest BCUT2D eigenvalue weighted by Crippen LogP contribution is -2.31. The van der Waals surface area contributed by atoms with Gasteiger partial charge < -0.3 is 10.2 Å². The highest BCUT2D eigenvalue weighted by molar-refractivity contribution is 6.33. The Morgan fingerprint density at radius 1 is 1.57 bits per heavy atom. The fourth-order valence-corrected chi connectivity index (χ4v) is 2.75. The molecular weight excluding hydrogens is 294 g/mol. The lowest BCUT2D eigenvalue weighted by atomic mass is 10.1. The normalized spacial score (nSPS) is 18.7. The van der Waals surface area contributed by atoms with Crippen LogP contribution in [0.2, 0.25) is 5.02 Å². The molecule has 7 heteroatoms.